The summed E-state index contributed by atoms with van der Waals surface area (Å²) >= 11 is 5.82. The molecule has 1 aromatic carbocycles. The molecule has 1 atom stereocenters. The zero-order chi connectivity index (χ0) is 14.5. The summed E-state index contributed by atoms with van der Waals surface area (Å²) in [4.78, 5) is 4.29. The van der Waals surface area contributed by atoms with Gasteiger partial charge in [0.1, 0.15) is 5.82 Å². The van der Waals surface area contributed by atoms with E-state index in [0.29, 0.717) is 10.6 Å². The van der Waals surface area contributed by atoms with Crippen molar-refractivity contribution in [3.63, 3.8) is 0 Å². The Bertz CT molecular complexity index is 569. The molecule has 4 heteroatoms. The molecule has 0 saturated carbocycles. The molecule has 0 spiro atoms. The Kier molecular flexibility index (Phi) is 5.10. The minimum Gasteiger partial charge on any atom is -0.306 e. The molecular formula is C16H18ClFN2. The Morgan fingerprint density at radius 2 is 2.10 bits per heavy atom. The highest BCUT2D eigenvalue weighted by Gasteiger charge is 2.17. The summed E-state index contributed by atoms with van der Waals surface area (Å²) in [6.07, 6.45) is 2.77. The molecule has 0 aliphatic heterocycles. The van der Waals surface area contributed by atoms with Crippen LogP contribution in [0, 0.1) is 12.7 Å². The lowest BCUT2D eigenvalue weighted by atomic mass is 9.99. The Balaban J connectivity index is 2.38. The molecule has 0 saturated heterocycles. The lowest BCUT2D eigenvalue weighted by molar-refractivity contribution is 0.546. The largest absolute Gasteiger partial charge is 0.306 e. The van der Waals surface area contributed by atoms with Crippen LogP contribution in [0.5, 0.6) is 0 Å². The fraction of sp³-hybridized carbons (Fsp3) is 0.312. The Labute approximate surface area is 124 Å². The van der Waals surface area contributed by atoms with E-state index >= 15 is 0 Å². The number of aromatic nitrogens is 1. The third-order valence-electron chi connectivity index (χ3n) is 3.14. The van der Waals surface area contributed by atoms with E-state index in [2.05, 4.69) is 17.2 Å². The van der Waals surface area contributed by atoms with Gasteiger partial charge in [-0.1, -0.05) is 30.7 Å². The molecule has 2 aromatic rings. The SMILES string of the molecule is CCCNC(c1ccc(C)nc1)c1ccc(Cl)cc1F. The smallest absolute Gasteiger partial charge is 0.129 e. The lowest BCUT2D eigenvalue weighted by Gasteiger charge is -2.20. The summed E-state index contributed by atoms with van der Waals surface area (Å²) < 4.78 is 14.1. The van der Waals surface area contributed by atoms with Crippen molar-refractivity contribution >= 4 is 11.6 Å². The molecule has 0 fully saturated rings. The fourth-order valence-electron chi connectivity index (χ4n) is 2.08. The number of pyridine rings is 1. The second-order valence-electron chi connectivity index (χ2n) is 4.79. The van der Waals surface area contributed by atoms with E-state index in [-0.39, 0.29) is 11.9 Å². The van der Waals surface area contributed by atoms with E-state index in [9.17, 15) is 4.39 Å². The van der Waals surface area contributed by atoms with E-state index < -0.39 is 0 Å². The van der Waals surface area contributed by atoms with Gasteiger partial charge >= 0.3 is 0 Å². The minimum atomic E-state index is -0.299. The minimum absolute atomic E-state index is 0.208. The summed E-state index contributed by atoms with van der Waals surface area (Å²) in [5.74, 6) is -0.299. The molecule has 0 amide bonds. The van der Waals surface area contributed by atoms with Gasteiger partial charge in [-0.3, -0.25) is 4.98 Å². The molecule has 106 valence electrons. The molecule has 2 nitrogen and oxygen atoms in total. The highest BCUT2D eigenvalue weighted by molar-refractivity contribution is 6.30. The Morgan fingerprint density at radius 1 is 1.30 bits per heavy atom. The quantitative estimate of drug-likeness (QED) is 0.890. The zero-order valence-electron chi connectivity index (χ0n) is 11.7. The molecule has 1 N–H and O–H groups in total. The van der Waals surface area contributed by atoms with E-state index in [1.54, 1.807) is 18.3 Å². The summed E-state index contributed by atoms with van der Waals surface area (Å²) in [6, 6.07) is 8.49. The first-order valence-electron chi connectivity index (χ1n) is 6.72. The highest BCUT2D eigenvalue weighted by atomic mass is 35.5. The second-order valence-corrected chi connectivity index (χ2v) is 5.22. The number of rotatable bonds is 5. The van der Waals surface area contributed by atoms with Gasteiger partial charge in [0.05, 0.1) is 6.04 Å². The van der Waals surface area contributed by atoms with Crippen LogP contribution >= 0.6 is 11.6 Å². The van der Waals surface area contributed by atoms with Gasteiger partial charge in [-0.25, -0.2) is 4.39 Å². The third-order valence-corrected chi connectivity index (χ3v) is 3.37. The number of hydrogen-bond acceptors (Lipinski definition) is 2. The average molecular weight is 293 g/mol. The fourth-order valence-corrected chi connectivity index (χ4v) is 2.24. The van der Waals surface area contributed by atoms with Crippen molar-refractivity contribution in [3.8, 4) is 0 Å². The second kappa shape index (κ2) is 6.82. The van der Waals surface area contributed by atoms with Crippen molar-refractivity contribution < 1.29 is 4.39 Å². The van der Waals surface area contributed by atoms with Crippen molar-refractivity contribution in [2.24, 2.45) is 0 Å². The lowest BCUT2D eigenvalue weighted by Crippen LogP contribution is -2.24. The van der Waals surface area contributed by atoms with Gasteiger partial charge in [-0.2, -0.15) is 0 Å². The maximum absolute atomic E-state index is 14.1. The maximum atomic E-state index is 14.1. The van der Waals surface area contributed by atoms with Gasteiger partial charge in [0, 0.05) is 22.5 Å². The molecule has 0 radical (unpaired) electrons. The third kappa shape index (κ3) is 3.56. The van der Waals surface area contributed by atoms with Crippen LogP contribution in [-0.4, -0.2) is 11.5 Å². The number of nitrogens with one attached hydrogen (secondary N) is 1. The van der Waals surface area contributed by atoms with Gasteiger partial charge in [-0.05, 0) is 43.7 Å². The molecule has 1 heterocycles. The van der Waals surface area contributed by atoms with E-state index in [0.717, 1.165) is 24.2 Å². The van der Waals surface area contributed by atoms with E-state index in [1.807, 2.05) is 19.1 Å². The number of nitrogens with zero attached hydrogens (tertiary/aromatic N) is 1. The predicted molar refractivity (Wildman–Crippen MR) is 80.5 cm³/mol. The Hall–Kier alpha value is -1.45. The number of hydrogen-bond donors (Lipinski definition) is 1. The van der Waals surface area contributed by atoms with E-state index in [1.165, 1.54) is 6.07 Å². The van der Waals surface area contributed by atoms with Crippen molar-refractivity contribution in [1.82, 2.24) is 10.3 Å². The normalized spacial score (nSPS) is 12.4. The van der Waals surface area contributed by atoms with Gasteiger partial charge < -0.3 is 5.32 Å². The van der Waals surface area contributed by atoms with Crippen LogP contribution in [0.2, 0.25) is 5.02 Å². The summed E-state index contributed by atoms with van der Waals surface area (Å²) in [7, 11) is 0. The highest BCUT2D eigenvalue weighted by Crippen LogP contribution is 2.26. The molecule has 0 bridgehead atoms. The first-order valence-corrected chi connectivity index (χ1v) is 7.10. The average Bonchev–Trinajstić information content (AvgIpc) is 2.42. The standard InChI is InChI=1S/C16H18ClFN2/c1-3-8-19-16(12-5-4-11(2)20-10-12)14-7-6-13(17)9-15(14)18/h4-7,9-10,16,19H,3,8H2,1-2H3. The summed E-state index contributed by atoms with van der Waals surface area (Å²) in [5, 5.41) is 3.76. The summed E-state index contributed by atoms with van der Waals surface area (Å²) in [6.45, 7) is 4.82. The van der Waals surface area contributed by atoms with Crippen molar-refractivity contribution in [1.29, 1.82) is 0 Å². The predicted octanol–water partition coefficient (Wildman–Crippen LogP) is 4.27. The van der Waals surface area contributed by atoms with Gasteiger partial charge in [0.2, 0.25) is 0 Å². The Morgan fingerprint density at radius 3 is 2.70 bits per heavy atom. The van der Waals surface area contributed by atoms with Gasteiger partial charge in [0.15, 0.2) is 0 Å². The van der Waals surface area contributed by atoms with Crippen molar-refractivity contribution in [3.05, 3.63) is 64.2 Å². The molecule has 2 rings (SSSR count). The number of halogens is 2. The van der Waals surface area contributed by atoms with Crippen LogP contribution in [0.15, 0.2) is 36.5 Å². The first kappa shape index (κ1) is 14.9. The summed E-state index contributed by atoms with van der Waals surface area (Å²) in [5.41, 5.74) is 2.48. The number of benzene rings is 1. The molecule has 0 aliphatic rings. The zero-order valence-corrected chi connectivity index (χ0v) is 12.4. The molecule has 1 unspecified atom stereocenters. The molecule has 1 aromatic heterocycles. The van der Waals surface area contributed by atoms with Crippen LogP contribution in [0.3, 0.4) is 0 Å². The number of aryl methyl sites for hydroxylation is 1. The van der Waals surface area contributed by atoms with E-state index in [4.69, 9.17) is 11.6 Å². The van der Waals surface area contributed by atoms with Crippen LogP contribution in [0.1, 0.15) is 36.2 Å². The van der Waals surface area contributed by atoms with Gasteiger partial charge in [0.25, 0.3) is 0 Å². The molecule has 20 heavy (non-hydrogen) atoms. The van der Waals surface area contributed by atoms with Crippen molar-refractivity contribution in [2.45, 2.75) is 26.3 Å². The maximum Gasteiger partial charge on any atom is 0.129 e. The topological polar surface area (TPSA) is 24.9 Å². The van der Waals surface area contributed by atoms with Crippen LogP contribution in [0.25, 0.3) is 0 Å². The van der Waals surface area contributed by atoms with Crippen LogP contribution in [0.4, 0.5) is 4.39 Å². The van der Waals surface area contributed by atoms with Crippen LogP contribution in [-0.2, 0) is 0 Å². The first-order chi connectivity index (χ1) is 9.61. The van der Waals surface area contributed by atoms with Crippen LogP contribution < -0.4 is 5.32 Å². The monoisotopic (exact) mass is 292 g/mol. The van der Waals surface area contributed by atoms with Gasteiger partial charge in [-0.15, -0.1) is 0 Å². The molecular weight excluding hydrogens is 275 g/mol. The molecule has 0 aliphatic carbocycles. The van der Waals surface area contributed by atoms with Crippen molar-refractivity contribution in [2.75, 3.05) is 6.54 Å².